The first-order valence-electron chi connectivity index (χ1n) is 6.36. The summed E-state index contributed by atoms with van der Waals surface area (Å²) in [5.41, 5.74) is 0. The van der Waals surface area contributed by atoms with E-state index in [0.717, 1.165) is 38.8 Å². The number of hydrogen-bond donors (Lipinski definition) is 2. The summed E-state index contributed by atoms with van der Waals surface area (Å²) in [4.78, 5) is 21.8. The standard InChI is InChI=1S/C12H22Br2N2O2/c13-9-11(17)15-7-5-3-1-2-4-6-8-16-12(18)10-14/h1-10H2,(H,15,17)(H,16,18). The lowest BCUT2D eigenvalue weighted by atomic mass is 10.1. The second kappa shape index (κ2) is 13.3. The fourth-order valence-corrected chi connectivity index (χ4v) is 1.90. The van der Waals surface area contributed by atoms with Crippen molar-refractivity contribution in [1.29, 1.82) is 0 Å². The minimum atomic E-state index is 0.0533. The molecule has 0 rings (SSSR count). The van der Waals surface area contributed by atoms with Gasteiger partial charge < -0.3 is 10.6 Å². The molecule has 0 spiro atoms. The molecule has 0 aromatic rings. The summed E-state index contributed by atoms with van der Waals surface area (Å²) in [5, 5.41) is 6.41. The molecule has 106 valence electrons. The third kappa shape index (κ3) is 12.4. The average molecular weight is 386 g/mol. The fraction of sp³-hybridized carbons (Fsp3) is 0.833. The molecule has 0 aromatic carbocycles. The van der Waals surface area contributed by atoms with Crippen molar-refractivity contribution in [2.24, 2.45) is 0 Å². The second-order valence-corrected chi connectivity index (χ2v) is 5.21. The molecular formula is C12H22Br2N2O2. The molecule has 0 radical (unpaired) electrons. The number of alkyl halides is 2. The Morgan fingerprint density at radius 1 is 0.667 bits per heavy atom. The molecule has 0 bridgehead atoms. The van der Waals surface area contributed by atoms with Gasteiger partial charge in [-0.15, -0.1) is 0 Å². The Morgan fingerprint density at radius 2 is 1.00 bits per heavy atom. The van der Waals surface area contributed by atoms with Gasteiger partial charge in [-0.3, -0.25) is 9.59 Å². The SMILES string of the molecule is O=C(CBr)NCCCCCCCCNC(=O)CBr. The first-order chi connectivity index (χ1) is 8.70. The highest BCUT2D eigenvalue weighted by Gasteiger charge is 1.97. The highest BCUT2D eigenvalue weighted by atomic mass is 79.9. The van der Waals surface area contributed by atoms with Gasteiger partial charge in [-0.25, -0.2) is 0 Å². The van der Waals surface area contributed by atoms with Crippen LogP contribution in [0.2, 0.25) is 0 Å². The van der Waals surface area contributed by atoms with Crippen molar-refractivity contribution in [3.63, 3.8) is 0 Å². The van der Waals surface area contributed by atoms with Crippen molar-refractivity contribution in [1.82, 2.24) is 10.6 Å². The Morgan fingerprint density at radius 3 is 1.33 bits per heavy atom. The molecule has 0 aliphatic carbocycles. The van der Waals surface area contributed by atoms with Gasteiger partial charge in [-0.05, 0) is 12.8 Å². The largest absolute Gasteiger partial charge is 0.355 e. The summed E-state index contributed by atoms with van der Waals surface area (Å²) in [6, 6.07) is 0. The Kier molecular flexibility index (Phi) is 13.3. The van der Waals surface area contributed by atoms with Gasteiger partial charge in [0.05, 0.1) is 10.7 Å². The van der Waals surface area contributed by atoms with E-state index in [1.54, 1.807) is 0 Å². The van der Waals surface area contributed by atoms with Crippen LogP contribution in [0.5, 0.6) is 0 Å². The maximum absolute atomic E-state index is 10.9. The molecule has 0 aliphatic heterocycles. The Labute approximate surface area is 126 Å². The van der Waals surface area contributed by atoms with Gasteiger partial charge in [0.2, 0.25) is 11.8 Å². The second-order valence-electron chi connectivity index (χ2n) is 4.09. The molecule has 0 saturated carbocycles. The van der Waals surface area contributed by atoms with Crippen molar-refractivity contribution in [2.45, 2.75) is 38.5 Å². The van der Waals surface area contributed by atoms with Gasteiger partial charge in [-0.2, -0.15) is 0 Å². The van der Waals surface area contributed by atoms with E-state index >= 15 is 0 Å². The lowest BCUT2D eigenvalue weighted by molar-refractivity contribution is -0.119. The highest BCUT2D eigenvalue weighted by Crippen LogP contribution is 2.04. The van der Waals surface area contributed by atoms with E-state index in [1.165, 1.54) is 12.8 Å². The van der Waals surface area contributed by atoms with Crippen LogP contribution in [0.3, 0.4) is 0 Å². The van der Waals surface area contributed by atoms with Crippen LogP contribution in [-0.4, -0.2) is 35.6 Å². The summed E-state index contributed by atoms with van der Waals surface area (Å²) < 4.78 is 0. The van der Waals surface area contributed by atoms with Crippen LogP contribution in [0.4, 0.5) is 0 Å². The maximum atomic E-state index is 10.9. The first-order valence-corrected chi connectivity index (χ1v) is 8.60. The van der Waals surface area contributed by atoms with E-state index in [2.05, 4.69) is 42.5 Å². The Balaban J connectivity index is 3.07. The molecule has 6 heteroatoms. The molecule has 0 aliphatic rings. The molecule has 0 saturated heterocycles. The monoisotopic (exact) mass is 384 g/mol. The molecule has 2 amide bonds. The smallest absolute Gasteiger partial charge is 0.230 e. The molecule has 0 fully saturated rings. The van der Waals surface area contributed by atoms with E-state index in [1.807, 2.05) is 0 Å². The van der Waals surface area contributed by atoms with Gasteiger partial charge in [-0.1, -0.05) is 57.5 Å². The van der Waals surface area contributed by atoms with Crippen LogP contribution >= 0.6 is 31.9 Å². The topological polar surface area (TPSA) is 58.2 Å². The average Bonchev–Trinajstić information content (AvgIpc) is 2.40. The molecular weight excluding hydrogens is 364 g/mol. The molecule has 0 atom stereocenters. The van der Waals surface area contributed by atoms with Crippen molar-refractivity contribution >= 4 is 43.7 Å². The lowest BCUT2D eigenvalue weighted by Gasteiger charge is -2.04. The van der Waals surface area contributed by atoms with E-state index in [4.69, 9.17) is 0 Å². The summed E-state index contributed by atoms with van der Waals surface area (Å²) in [7, 11) is 0. The van der Waals surface area contributed by atoms with Gasteiger partial charge in [0.1, 0.15) is 0 Å². The third-order valence-electron chi connectivity index (χ3n) is 2.49. The minimum Gasteiger partial charge on any atom is -0.355 e. The third-order valence-corrected chi connectivity index (χ3v) is 3.51. The number of halogens is 2. The van der Waals surface area contributed by atoms with Crippen molar-refractivity contribution in [2.75, 3.05) is 23.7 Å². The number of amides is 2. The van der Waals surface area contributed by atoms with Crippen LogP contribution < -0.4 is 10.6 Å². The van der Waals surface area contributed by atoms with Gasteiger partial charge in [0.25, 0.3) is 0 Å². The van der Waals surface area contributed by atoms with Crippen molar-refractivity contribution in [3.8, 4) is 0 Å². The minimum absolute atomic E-state index is 0.0533. The molecule has 0 aromatic heterocycles. The number of hydrogen-bond acceptors (Lipinski definition) is 2. The zero-order valence-corrected chi connectivity index (χ0v) is 13.8. The van der Waals surface area contributed by atoms with E-state index in [0.29, 0.717) is 10.7 Å². The molecule has 0 unspecified atom stereocenters. The van der Waals surface area contributed by atoms with Crippen LogP contribution in [-0.2, 0) is 9.59 Å². The number of rotatable bonds is 11. The van der Waals surface area contributed by atoms with Crippen LogP contribution in [0.1, 0.15) is 38.5 Å². The van der Waals surface area contributed by atoms with Crippen molar-refractivity contribution in [3.05, 3.63) is 0 Å². The summed E-state index contributed by atoms with van der Waals surface area (Å²) in [5.74, 6) is 0.107. The molecule has 0 heterocycles. The summed E-state index contributed by atoms with van der Waals surface area (Å²) >= 11 is 6.21. The molecule has 4 nitrogen and oxygen atoms in total. The maximum Gasteiger partial charge on any atom is 0.230 e. The zero-order chi connectivity index (χ0) is 13.6. The number of unbranched alkanes of at least 4 members (excludes halogenated alkanes) is 5. The van der Waals surface area contributed by atoms with Crippen molar-refractivity contribution < 1.29 is 9.59 Å². The van der Waals surface area contributed by atoms with Crippen LogP contribution in [0.15, 0.2) is 0 Å². The number of carbonyl (C=O) groups excluding carboxylic acids is 2. The quantitative estimate of drug-likeness (QED) is 0.423. The normalized spacial score (nSPS) is 10.1. The first kappa shape index (κ1) is 17.9. The number of carbonyl (C=O) groups is 2. The van der Waals surface area contributed by atoms with E-state index in [9.17, 15) is 9.59 Å². The Hall–Kier alpha value is -0.100. The predicted octanol–water partition coefficient (Wildman–Crippen LogP) is 2.35. The van der Waals surface area contributed by atoms with Gasteiger partial charge in [0, 0.05) is 13.1 Å². The zero-order valence-electron chi connectivity index (χ0n) is 10.6. The van der Waals surface area contributed by atoms with E-state index in [-0.39, 0.29) is 11.8 Å². The number of nitrogens with one attached hydrogen (secondary N) is 2. The van der Waals surface area contributed by atoms with E-state index < -0.39 is 0 Å². The van der Waals surface area contributed by atoms with Gasteiger partial charge in [0.15, 0.2) is 0 Å². The van der Waals surface area contributed by atoms with Gasteiger partial charge >= 0.3 is 0 Å². The predicted molar refractivity (Wildman–Crippen MR) is 81.3 cm³/mol. The molecule has 18 heavy (non-hydrogen) atoms. The highest BCUT2D eigenvalue weighted by molar-refractivity contribution is 9.09. The fourth-order valence-electron chi connectivity index (χ4n) is 1.51. The lowest BCUT2D eigenvalue weighted by Crippen LogP contribution is -2.25. The Bertz CT molecular complexity index is 214. The van der Waals surface area contributed by atoms with Crippen LogP contribution in [0.25, 0.3) is 0 Å². The molecule has 2 N–H and O–H groups in total. The van der Waals surface area contributed by atoms with Crippen LogP contribution in [0, 0.1) is 0 Å². The summed E-state index contributed by atoms with van der Waals surface area (Å²) in [6.07, 6.45) is 6.76. The summed E-state index contributed by atoms with van der Waals surface area (Å²) in [6.45, 7) is 1.54.